The molecule has 72 valence electrons. The Labute approximate surface area is 77.4 Å². The lowest BCUT2D eigenvalue weighted by molar-refractivity contribution is -0.168. The average molecular weight is 182 g/mol. The fourth-order valence-corrected chi connectivity index (χ4v) is 2.90. The summed E-state index contributed by atoms with van der Waals surface area (Å²) in [6.07, 6.45) is 5.33. The Balaban J connectivity index is 1.94. The molecule has 0 N–H and O–H groups in total. The summed E-state index contributed by atoms with van der Waals surface area (Å²) in [7, 11) is 0. The van der Waals surface area contributed by atoms with Gasteiger partial charge in [-0.3, -0.25) is 0 Å². The molecule has 2 heterocycles. The van der Waals surface area contributed by atoms with Crippen LogP contribution in [0, 0.1) is 0 Å². The Kier molecular flexibility index (Phi) is 1.25. The van der Waals surface area contributed by atoms with Gasteiger partial charge in [-0.25, -0.2) is 4.79 Å². The summed E-state index contributed by atoms with van der Waals surface area (Å²) >= 11 is 0. The van der Waals surface area contributed by atoms with Crippen LogP contribution in [0.25, 0.3) is 0 Å². The summed E-state index contributed by atoms with van der Waals surface area (Å²) in [5.74, 6) is -0.135. The van der Waals surface area contributed by atoms with E-state index in [9.17, 15) is 4.79 Å². The second-order valence-corrected chi connectivity index (χ2v) is 4.58. The molecule has 2 atom stereocenters. The van der Waals surface area contributed by atoms with Crippen LogP contribution in [0.1, 0.15) is 39.0 Å². The SMILES string of the molecule is CC12OC1C(=O)OC21CCCCC1. The highest BCUT2D eigenvalue weighted by molar-refractivity contribution is 5.83. The smallest absolute Gasteiger partial charge is 0.339 e. The van der Waals surface area contributed by atoms with E-state index in [0.717, 1.165) is 12.8 Å². The van der Waals surface area contributed by atoms with Crippen molar-refractivity contribution in [3.8, 4) is 0 Å². The molecule has 0 radical (unpaired) electrons. The van der Waals surface area contributed by atoms with Crippen LogP contribution in [-0.4, -0.2) is 23.3 Å². The lowest BCUT2D eigenvalue weighted by Crippen LogP contribution is -2.44. The minimum atomic E-state index is -0.273. The normalized spacial score (nSPS) is 45.9. The molecular weight excluding hydrogens is 168 g/mol. The Bertz CT molecular complexity index is 267. The quantitative estimate of drug-likeness (QED) is 0.420. The number of carbonyl (C=O) groups is 1. The molecule has 3 heteroatoms. The Morgan fingerprint density at radius 2 is 2.00 bits per heavy atom. The number of hydrogen-bond acceptors (Lipinski definition) is 3. The minimum Gasteiger partial charge on any atom is -0.454 e. The first kappa shape index (κ1) is 7.80. The van der Waals surface area contributed by atoms with Crippen LogP contribution in [0.15, 0.2) is 0 Å². The van der Waals surface area contributed by atoms with E-state index in [4.69, 9.17) is 9.47 Å². The standard InChI is InChI=1S/C10H14O3/c1-9-7(12-9)8(11)13-10(9)5-3-2-4-6-10/h7H,2-6H2,1H3. The van der Waals surface area contributed by atoms with E-state index < -0.39 is 0 Å². The topological polar surface area (TPSA) is 38.8 Å². The zero-order valence-corrected chi connectivity index (χ0v) is 7.84. The van der Waals surface area contributed by atoms with Gasteiger partial charge in [0.25, 0.3) is 0 Å². The van der Waals surface area contributed by atoms with Crippen LogP contribution in [-0.2, 0) is 14.3 Å². The summed E-state index contributed by atoms with van der Waals surface area (Å²) in [4.78, 5) is 11.3. The second-order valence-electron chi connectivity index (χ2n) is 4.58. The van der Waals surface area contributed by atoms with Gasteiger partial charge in [0.2, 0.25) is 0 Å². The van der Waals surface area contributed by atoms with E-state index in [0.29, 0.717) is 0 Å². The van der Waals surface area contributed by atoms with Crippen LogP contribution in [0.2, 0.25) is 0 Å². The van der Waals surface area contributed by atoms with Gasteiger partial charge in [-0.05, 0) is 32.6 Å². The highest BCUT2D eigenvalue weighted by Gasteiger charge is 2.76. The molecule has 3 nitrogen and oxygen atoms in total. The van der Waals surface area contributed by atoms with E-state index >= 15 is 0 Å². The lowest BCUT2D eigenvalue weighted by Gasteiger charge is -2.36. The van der Waals surface area contributed by atoms with Crippen molar-refractivity contribution in [1.29, 1.82) is 0 Å². The fraction of sp³-hybridized carbons (Fsp3) is 0.900. The van der Waals surface area contributed by atoms with Crippen molar-refractivity contribution in [2.45, 2.75) is 56.3 Å². The van der Waals surface area contributed by atoms with Crippen LogP contribution < -0.4 is 0 Å². The largest absolute Gasteiger partial charge is 0.454 e. The molecule has 3 rings (SSSR count). The molecule has 0 bridgehead atoms. The van der Waals surface area contributed by atoms with Crippen LogP contribution in [0.3, 0.4) is 0 Å². The highest BCUT2D eigenvalue weighted by Crippen LogP contribution is 2.58. The van der Waals surface area contributed by atoms with Crippen molar-refractivity contribution in [3.63, 3.8) is 0 Å². The molecule has 1 spiro atoms. The molecule has 2 saturated heterocycles. The van der Waals surface area contributed by atoms with Crippen LogP contribution >= 0.6 is 0 Å². The maximum atomic E-state index is 11.3. The summed E-state index contributed by atoms with van der Waals surface area (Å²) < 4.78 is 11.0. The molecule has 1 saturated carbocycles. The summed E-state index contributed by atoms with van der Waals surface area (Å²) in [6.45, 7) is 2.02. The van der Waals surface area contributed by atoms with E-state index in [-0.39, 0.29) is 23.3 Å². The van der Waals surface area contributed by atoms with Crippen molar-refractivity contribution in [2.24, 2.45) is 0 Å². The third-order valence-electron chi connectivity index (χ3n) is 3.88. The Hall–Kier alpha value is -0.570. The molecular formula is C10H14O3. The first-order valence-electron chi connectivity index (χ1n) is 5.09. The van der Waals surface area contributed by atoms with Gasteiger partial charge in [-0.15, -0.1) is 0 Å². The second kappa shape index (κ2) is 2.08. The molecule has 3 fully saturated rings. The number of rotatable bonds is 0. The number of epoxide rings is 1. The number of carbonyl (C=O) groups excluding carboxylic acids is 1. The number of hydrogen-bond donors (Lipinski definition) is 0. The third kappa shape index (κ3) is 0.766. The van der Waals surface area contributed by atoms with E-state index in [1.54, 1.807) is 0 Å². The number of ether oxygens (including phenoxy) is 2. The molecule has 0 aromatic heterocycles. The van der Waals surface area contributed by atoms with Gasteiger partial charge in [-0.2, -0.15) is 0 Å². The van der Waals surface area contributed by atoms with Gasteiger partial charge < -0.3 is 9.47 Å². The van der Waals surface area contributed by atoms with Crippen molar-refractivity contribution in [2.75, 3.05) is 0 Å². The summed E-state index contributed by atoms with van der Waals surface area (Å²) in [5, 5.41) is 0. The van der Waals surface area contributed by atoms with Gasteiger partial charge >= 0.3 is 5.97 Å². The molecule has 2 aliphatic heterocycles. The Morgan fingerprint density at radius 1 is 1.31 bits per heavy atom. The average Bonchev–Trinajstić information content (AvgIpc) is 2.77. The van der Waals surface area contributed by atoms with Crippen molar-refractivity contribution in [1.82, 2.24) is 0 Å². The van der Waals surface area contributed by atoms with Crippen molar-refractivity contribution in [3.05, 3.63) is 0 Å². The number of fused-ring (bicyclic) bond motifs is 2. The van der Waals surface area contributed by atoms with Crippen LogP contribution in [0.4, 0.5) is 0 Å². The zero-order chi connectivity index (χ0) is 9.10. The lowest BCUT2D eigenvalue weighted by atomic mass is 9.76. The molecule has 3 aliphatic rings. The molecule has 0 aromatic carbocycles. The Morgan fingerprint density at radius 3 is 2.46 bits per heavy atom. The zero-order valence-electron chi connectivity index (χ0n) is 7.84. The van der Waals surface area contributed by atoms with Gasteiger partial charge in [0.15, 0.2) is 6.10 Å². The fourth-order valence-electron chi connectivity index (χ4n) is 2.90. The van der Waals surface area contributed by atoms with Gasteiger partial charge in [0.1, 0.15) is 11.2 Å². The molecule has 13 heavy (non-hydrogen) atoms. The monoisotopic (exact) mass is 182 g/mol. The van der Waals surface area contributed by atoms with Gasteiger partial charge in [-0.1, -0.05) is 6.42 Å². The number of esters is 1. The minimum absolute atomic E-state index is 0.135. The summed E-state index contributed by atoms with van der Waals surface area (Å²) in [5.41, 5.74) is -0.530. The van der Waals surface area contributed by atoms with Gasteiger partial charge in [0, 0.05) is 0 Å². The van der Waals surface area contributed by atoms with E-state index in [2.05, 4.69) is 0 Å². The maximum Gasteiger partial charge on any atom is 0.339 e. The van der Waals surface area contributed by atoms with Crippen LogP contribution in [0.5, 0.6) is 0 Å². The molecule has 1 aliphatic carbocycles. The summed E-state index contributed by atoms with van der Waals surface area (Å²) in [6, 6.07) is 0. The predicted molar refractivity (Wildman–Crippen MR) is 45.2 cm³/mol. The third-order valence-corrected chi connectivity index (χ3v) is 3.88. The van der Waals surface area contributed by atoms with Crippen molar-refractivity contribution < 1.29 is 14.3 Å². The molecule has 0 aromatic rings. The van der Waals surface area contributed by atoms with E-state index in [1.165, 1.54) is 19.3 Å². The highest BCUT2D eigenvalue weighted by atomic mass is 16.7. The molecule has 2 unspecified atom stereocenters. The first-order valence-corrected chi connectivity index (χ1v) is 5.09. The molecule has 0 amide bonds. The van der Waals surface area contributed by atoms with Crippen molar-refractivity contribution >= 4 is 5.97 Å². The maximum absolute atomic E-state index is 11.3. The predicted octanol–water partition coefficient (Wildman–Crippen LogP) is 1.40. The first-order chi connectivity index (χ1) is 6.18. The van der Waals surface area contributed by atoms with E-state index in [1.807, 2.05) is 6.92 Å². The van der Waals surface area contributed by atoms with Gasteiger partial charge in [0.05, 0.1) is 0 Å².